The Morgan fingerprint density at radius 1 is 1.32 bits per heavy atom. The maximum absolute atomic E-state index is 11.9. The number of amides is 1. The zero-order valence-electron chi connectivity index (χ0n) is 12.8. The first-order chi connectivity index (χ1) is 8.84. The van der Waals surface area contributed by atoms with Crippen LogP contribution in [0.2, 0.25) is 0 Å². The highest BCUT2D eigenvalue weighted by Gasteiger charge is 2.47. The Morgan fingerprint density at radius 2 is 1.89 bits per heavy atom. The van der Waals surface area contributed by atoms with Gasteiger partial charge in [0.25, 0.3) is 0 Å². The van der Waals surface area contributed by atoms with Gasteiger partial charge in [-0.3, -0.25) is 9.69 Å². The van der Waals surface area contributed by atoms with Crippen molar-refractivity contribution in [2.75, 3.05) is 13.1 Å². The second kappa shape index (κ2) is 5.41. The molecule has 4 atom stereocenters. The predicted octanol–water partition coefficient (Wildman–Crippen LogP) is 1.35. The van der Waals surface area contributed by atoms with E-state index in [1.807, 2.05) is 0 Å². The number of hydrogen-bond donors (Lipinski definition) is 2. The summed E-state index contributed by atoms with van der Waals surface area (Å²) in [5.41, 5.74) is 5.20. The number of primary amides is 1. The number of likely N-dealkylation sites (tertiary alicyclic amines) is 1. The van der Waals surface area contributed by atoms with Gasteiger partial charge in [0, 0.05) is 25.2 Å². The molecule has 0 radical (unpaired) electrons. The summed E-state index contributed by atoms with van der Waals surface area (Å²) in [6.45, 7) is 11.2. The van der Waals surface area contributed by atoms with Crippen molar-refractivity contribution in [1.29, 1.82) is 0 Å². The maximum atomic E-state index is 11.9. The van der Waals surface area contributed by atoms with Crippen LogP contribution in [0.1, 0.15) is 47.0 Å². The van der Waals surface area contributed by atoms with Gasteiger partial charge in [0.2, 0.25) is 5.91 Å². The number of carbonyl (C=O) groups excluding carboxylic acids is 1. The molecule has 0 aromatic rings. The van der Waals surface area contributed by atoms with Crippen molar-refractivity contribution in [3.63, 3.8) is 0 Å². The summed E-state index contributed by atoms with van der Waals surface area (Å²) in [4.78, 5) is 14.5. The summed E-state index contributed by atoms with van der Waals surface area (Å²) in [7, 11) is 0. The van der Waals surface area contributed by atoms with E-state index < -0.39 is 5.54 Å². The second-order valence-corrected chi connectivity index (χ2v) is 7.05. The van der Waals surface area contributed by atoms with E-state index in [0.29, 0.717) is 12.1 Å². The lowest BCUT2D eigenvalue weighted by Gasteiger charge is -2.31. The first-order valence-corrected chi connectivity index (χ1v) is 7.65. The minimum Gasteiger partial charge on any atom is -0.368 e. The van der Waals surface area contributed by atoms with Gasteiger partial charge in [-0.25, -0.2) is 0 Å². The van der Waals surface area contributed by atoms with E-state index in [4.69, 9.17) is 5.73 Å². The molecule has 0 bridgehead atoms. The van der Waals surface area contributed by atoms with Crippen LogP contribution in [-0.2, 0) is 4.79 Å². The van der Waals surface area contributed by atoms with Crippen molar-refractivity contribution in [1.82, 2.24) is 10.2 Å². The lowest BCUT2D eigenvalue weighted by atomic mass is 9.95. The van der Waals surface area contributed by atoms with Crippen molar-refractivity contribution in [3.8, 4) is 0 Å². The Morgan fingerprint density at radius 3 is 2.37 bits per heavy atom. The fourth-order valence-electron chi connectivity index (χ4n) is 3.78. The molecular formula is C15H29N3O. The summed E-state index contributed by atoms with van der Waals surface area (Å²) in [5, 5.41) is 3.43. The third-order valence-corrected chi connectivity index (χ3v) is 5.06. The SMILES string of the molecule is CC(C)NC1(C(N)=O)CCC(N2CC(C)C(C)C2)C1. The smallest absolute Gasteiger partial charge is 0.237 e. The number of nitrogens with one attached hydrogen (secondary N) is 1. The third kappa shape index (κ3) is 2.95. The summed E-state index contributed by atoms with van der Waals surface area (Å²) in [6, 6.07) is 0.814. The van der Waals surface area contributed by atoms with Crippen molar-refractivity contribution in [3.05, 3.63) is 0 Å². The van der Waals surface area contributed by atoms with Gasteiger partial charge in [0.05, 0.1) is 5.54 Å². The summed E-state index contributed by atoms with van der Waals surface area (Å²) in [6.07, 6.45) is 2.84. The van der Waals surface area contributed by atoms with Gasteiger partial charge < -0.3 is 11.1 Å². The van der Waals surface area contributed by atoms with Crippen LogP contribution in [-0.4, -0.2) is 41.5 Å². The molecule has 4 unspecified atom stereocenters. The highest BCUT2D eigenvalue weighted by molar-refractivity contribution is 5.85. The van der Waals surface area contributed by atoms with Crippen LogP contribution in [0, 0.1) is 11.8 Å². The van der Waals surface area contributed by atoms with Gasteiger partial charge in [-0.05, 0) is 44.9 Å². The molecule has 1 saturated heterocycles. The monoisotopic (exact) mass is 267 g/mol. The van der Waals surface area contributed by atoms with E-state index in [1.165, 1.54) is 13.1 Å². The van der Waals surface area contributed by atoms with Crippen molar-refractivity contribution >= 4 is 5.91 Å². The molecule has 1 aliphatic heterocycles. The average molecular weight is 267 g/mol. The zero-order chi connectivity index (χ0) is 14.2. The summed E-state index contributed by atoms with van der Waals surface area (Å²) < 4.78 is 0. The molecule has 110 valence electrons. The maximum Gasteiger partial charge on any atom is 0.237 e. The molecule has 0 aromatic carbocycles. The molecule has 1 aliphatic carbocycles. The molecule has 1 amide bonds. The summed E-state index contributed by atoms with van der Waals surface area (Å²) >= 11 is 0. The molecule has 2 rings (SSSR count). The molecule has 0 aromatic heterocycles. The third-order valence-electron chi connectivity index (χ3n) is 5.06. The first-order valence-electron chi connectivity index (χ1n) is 7.65. The lowest BCUT2D eigenvalue weighted by molar-refractivity contribution is -0.124. The van der Waals surface area contributed by atoms with Gasteiger partial charge in [-0.1, -0.05) is 13.8 Å². The molecule has 3 N–H and O–H groups in total. The normalized spacial score (nSPS) is 40.2. The van der Waals surface area contributed by atoms with Gasteiger partial charge in [-0.15, -0.1) is 0 Å². The van der Waals surface area contributed by atoms with E-state index in [9.17, 15) is 4.79 Å². The molecule has 2 aliphatic rings. The van der Waals surface area contributed by atoms with Gasteiger partial charge in [-0.2, -0.15) is 0 Å². The fourth-order valence-corrected chi connectivity index (χ4v) is 3.78. The minimum atomic E-state index is -0.478. The number of carbonyl (C=O) groups is 1. The molecule has 1 saturated carbocycles. The highest BCUT2D eigenvalue weighted by Crippen LogP contribution is 2.36. The van der Waals surface area contributed by atoms with Crippen LogP contribution in [0.5, 0.6) is 0 Å². The fraction of sp³-hybridized carbons (Fsp3) is 0.933. The molecule has 19 heavy (non-hydrogen) atoms. The van der Waals surface area contributed by atoms with Gasteiger partial charge in [0.15, 0.2) is 0 Å². The van der Waals surface area contributed by atoms with E-state index >= 15 is 0 Å². The van der Waals surface area contributed by atoms with Crippen LogP contribution < -0.4 is 11.1 Å². The van der Waals surface area contributed by atoms with E-state index in [-0.39, 0.29) is 5.91 Å². The van der Waals surface area contributed by atoms with Crippen molar-refractivity contribution in [2.45, 2.75) is 64.6 Å². The predicted molar refractivity (Wildman–Crippen MR) is 77.7 cm³/mol. The van der Waals surface area contributed by atoms with Gasteiger partial charge in [0.1, 0.15) is 0 Å². The quantitative estimate of drug-likeness (QED) is 0.808. The Bertz CT molecular complexity index is 334. The molecule has 2 fully saturated rings. The van der Waals surface area contributed by atoms with E-state index in [0.717, 1.165) is 31.1 Å². The van der Waals surface area contributed by atoms with Crippen LogP contribution >= 0.6 is 0 Å². The zero-order valence-corrected chi connectivity index (χ0v) is 12.8. The molecular weight excluding hydrogens is 238 g/mol. The standard InChI is InChI=1S/C15H29N3O/c1-10(2)17-15(14(16)19)6-5-13(7-15)18-8-11(3)12(4)9-18/h10-13,17H,5-9H2,1-4H3,(H2,16,19). The van der Waals surface area contributed by atoms with Gasteiger partial charge >= 0.3 is 0 Å². The average Bonchev–Trinajstić information content (AvgIpc) is 2.84. The number of nitrogens with two attached hydrogens (primary N) is 1. The highest BCUT2D eigenvalue weighted by atomic mass is 16.1. The van der Waals surface area contributed by atoms with E-state index in [2.05, 4.69) is 37.9 Å². The van der Waals surface area contributed by atoms with Crippen LogP contribution in [0.25, 0.3) is 0 Å². The Kier molecular flexibility index (Phi) is 4.21. The van der Waals surface area contributed by atoms with Crippen LogP contribution in [0.3, 0.4) is 0 Å². The number of rotatable bonds is 4. The Labute approximate surface area is 117 Å². The van der Waals surface area contributed by atoms with Crippen molar-refractivity contribution < 1.29 is 4.79 Å². The largest absolute Gasteiger partial charge is 0.368 e. The Balaban J connectivity index is 2.03. The molecule has 4 heteroatoms. The number of hydrogen-bond acceptors (Lipinski definition) is 3. The topological polar surface area (TPSA) is 58.4 Å². The summed E-state index contributed by atoms with van der Waals surface area (Å²) in [5.74, 6) is 1.35. The minimum absolute atomic E-state index is 0.177. The first kappa shape index (κ1) is 14.8. The molecule has 0 spiro atoms. The number of nitrogens with zero attached hydrogens (tertiary/aromatic N) is 1. The van der Waals surface area contributed by atoms with Crippen LogP contribution in [0.4, 0.5) is 0 Å². The van der Waals surface area contributed by atoms with Crippen molar-refractivity contribution in [2.24, 2.45) is 17.6 Å². The molecule has 1 heterocycles. The second-order valence-electron chi connectivity index (χ2n) is 7.05. The Hall–Kier alpha value is -0.610. The van der Waals surface area contributed by atoms with E-state index in [1.54, 1.807) is 0 Å². The van der Waals surface area contributed by atoms with Crippen LogP contribution in [0.15, 0.2) is 0 Å². The molecule has 4 nitrogen and oxygen atoms in total. The lowest BCUT2D eigenvalue weighted by Crippen LogP contribution is -2.56.